The van der Waals surface area contributed by atoms with Gasteiger partial charge in [-0.1, -0.05) is 0 Å². The Kier molecular flexibility index (Phi) is 168. The first-order valence-corrected chi connectivity index (χ1v) is 2.23. The molecule has 0 fully saturated rings. The van der Waals surface area contributed by atoms with Crippen LogP contribution in [0.2, 0.25) is 0 Å². The minimum Gasteiger partial charge on any atom is -0.549 e. The third-order valence-electron chi connectivity index (χ3n) is 0.539. The number of nitrogens with one attached hydrogen (secondary N) is 1. The normalized spacial score (nSPS) is 4.71. The maximum absolute atomic E-state index is 9.59. The molecule has 0 saturated carbocycles. The monoisotopic (exact) mass is 285 g/mol. The van der Waals surface area contributed by atoms with E-state index in [9.17, 15) is 19.8 Å². The molecule has 0 heterocycles. The van der Waals surface area contributed by atoms with Crippen molar-refractivity contribution in [2.24, 2.45) is 0 Å². The molecular weight excluding hydrogens is 268 g/mol. The van der Waals surface area contributed by atoms with Gasteiger partial charge in [0.2, 0.25) is 0 Å². The summed E-state index contributed by atoms with van der Waals surface area (Å²) >= 11 is 0. The molecule has 13 heteroatoms. The van der Waals surface area contributed by atoms with Crippen molar-refractivity contribution in [1.82, 2.24) is 5.32 Å². The van der Waals surface area contributed by atoms with Crippen LogP contribution in [0.15, 0.2) is 0 Å². The summed E-state index contributed by atoms with van der Waals surface area (Å²) < 4.78 is 0. The van der Waals surface area contributed by atoms with Crippen molar-refractivity contribution in [3.63, 3.8) is 0 Å². The molecule has 0 aliphatic rings. The third kappa shape index (κ3) is 80.7. The fourth-order valence-corrected chi connectivity index (χ4v) is 0.267. The molecule has 0 radical (unpaired) electrons. The molecule has 0 aromatic rings. The summed E-state index contributed by atoms with van der Waals surface area (Å²) in [6.07, 6.45) is 0. The molecule has 0 aromatic carbocycles. The first kappa shape index (κ1) is 65.4. The van der Waals surface area contributed by atoms with Gasteiger partial charge >= 0.3 is 59.1 Å². The topological polar surface area (TPSA) is 281 Å². The average molecular weight is 285 g/mol. The van der Waals surface area contributed by atoms with Crippen molar-refractivity contribution in [1.29, 1.82) is 0 Å². The van der Waals surface area contributed by atoms with Crippen LogP contribution in [0.1, 0.15) is 0 Å². The van der Waals surface area contributed by atoms with Crippen LogP contribution in [0.25, 0.3) is 0 Å². The largest absolute Gasteiger partial charge is 1.00 e. The zero-order valence-electron chi connectivity index (χ0n) is 9.55. The minimum absolute atomic E-state index is 0. The number of carbonyl (C=O) groups is 2. The van der Waals surface area contributed by atoms with Gasteiger partial charge in [0.1, 0.15) is 0 Å². The van der Waals surface area contributed by atoms with E-state index < -0.39 is 25.0 Å². The molecule has 0 aliphatic heterocycles. The smallest absolute Gasteiger partial charge is 0.549 e. The van der Waals surface area contributed by atoms with Gasteiger partial charge in [-0.05, 0) is 0 Å². The SMILES string of the molecule is O.O.O.O.O.O.O=C([O-])CNCC(=O)[O-].[Na+].[Na+]. The number of carboxylic acid groups (broad SMARTS) is 2. The molecule has 0 saturated heterocycles. The maximum atomic E-state index is 9.59. The van der Waals surface area contributed by atoms with Crippen LogP contribution < -0.4 is 74.6 Å². The Balaban J connectivity index is -0.0000000114. The molecule has 0 atom stereocenters. The van der Waals surface area contributed by atoms with Gasteiger partial charge in [0.15, 0.2) is 0 Å². The Morgan fingerprint density at radius 1 is 0.706 bits per heavy atom. The molecule has 0 unspecified atom stereocenters. The van der Waals surface area contributed by atoms with Crippen molar-refractivity contribution in [2.45, 2.75) is 0 Å². The van der Waals surface area contributed by atoms with Crippen LogP contribution in [0, 0.1) is 0 Å². The first-order chi connectivity index (χ1) is 4.13. The van der Waals surface area contributed by atoms with Crippen molar-refractivity contribution in [3.05, 3.63) is 0 Å². The van der Waals surface area contributed by atoms with Gasteiger partial charge in [0, 0.05) is 13.1 Å². The van der Waals surface area contributed by atoms with Crippen molar-refractivity contribution in [3.8, 4) is 0 Å². The van der Waals surface area contributed by atoms with E-state index in [1.165, 1.54) is 0 Å². The van der Waals surface area contributed by atoms with Gasteiger partial charge in [-0.15, -0.1) is 0 Å². The Labute approximate surface area is 141 Å². The Bertz CT molecular complexity index is 121. The zero-order chi connectivity index (χ0) is 7.28. The van der Waals surface area contributed by atoms with Crippen LogP contribution in [0.3, 0.4) is 0 Å². The van der Waals surface area contributed by atoms with E-state index in [0.29, 0.717) is 0 Å². The molecule has 0 aliphatic carbocycles. The summed E-state index contributed by atoms with van der Waals surface area (Å²) in [7, 11) is 0. The van der Waals surface area contributed by atoms with Crippen molar-refractivity contribution in [2.75, 3.05) is 13.1 Å². The number of carbonyl (C=O) groups excluding carboxylic acids is 2. The number of hydrogen-bond donors (Lipinski definition) is 1. The number of carboxylic acids is 2. The maximum Gasteiger partial charge on any atom is 1.00 e. The number of hydrogen-bond acceptors (Lipinski definition) is 5. The van der Waals surface area contributed by atoms with E-state index in [1.807, 2.05) is 0 Å². The van der Waals surface area contributed by atoms with Crippen LogP contribution in [0.4, 0.5) is 0 Å². The molecule has 0 rings (SSSR count). The second-order valence-corrected chi connectivity index (χ2v) is 1.35. The first-order valence-electron chi connectivity index (χ1n) is 2.23. The Morgan fingerprint density at radius 3 is 1.00 bits per heavy atom. The second-order valence-electron chi connectivity index (χ2n) is 1.35. The minimum atomic E-state index is -1.34. The van der Waals surface area contributed by atoms with Crippen LogP contribution in [-0.4, -0.2) is 57.9 Å². The van der Waals surface area contributed by atoms with E-state index in [0.717, 1.165) is 0 Å². The fraction of sp³-hybridized carbons (Fsp3) is 0.500. The molecule has 0 bridgehead atoms. The summed E-state index contributed by atoms with van der Waals surface area (Å²) in [5.74, 6) is -2.67. The van der Waals surface area contributed by atoms with Crippen molar-refractivity contribution >= 4 is 11.9 Å². The summed E-state index contributed by atoms with van der Waals surface area (Å²) in [5, 5.41) is 21.2. The van der Waals surface area contributed by atoms with Crippen LogP contribution in [0.5, 0.6) is 0 Å². The molecule has 17 heavy (non-hydrogen) atoms. The van der Waals surface area contributed by atoms with E-state index >= 15 is 0 Å². The molecule has 13 N–H and O–H groups in total. The summed E-state index contributed by atoms with van der Waals surface area (Å²) in [4.78, 5) is 19.2. The second kappa shape index (κ2) is 43.8. The quantitative estimate of drug-likeness (QED) is 0.490. The standard InChI is InChI=1S/C4H7NO4.2Na.6H2O/c6-3(7)1-5-2-4(8)9;;;;;;;;/h5H,1-2H2,(H,6,7)(H,8,9);;;6*1H2/q;2*+1;;;;;;/p-2. The van der Waals surface area contributed by atoms with E-state index in [1.54, 1.807) is 0 Å². The molecule has 100 valence electrons. The molecular formula is C4H17NNa2O10. The number of rotatable bonds is 4. The van der Waals surface area contributed by atoms with Gasteiger partial charge in [-0.25, -0.2) is 0 Å². The average Bonchev–Trinajstić information content (AvgIpc) is 1.63. The zero-order valence-corrected chi connectivity index (χ0v) is 13.5. The molecule has 0 spiro atoms. The van der Waals surface area contributed by atoms with Gasteiger partial charge in [0.05, 0.1) is 11.9 Å². The fourth-order valence-electron chi connectivity index (χ4n) is 0.267. The molecule has 0 amide bonds. The summed E-state index contributed by atoms with van der Waals surface area (Å²) in [6, 6.07) is 0. The molecule has 0 aromatic heterocycles. The van der Waals surface area contributed by atoms with Crippen LogP contribution in [-0.2, 0) is 9.59 Å². The summed E-state index contributed by atoms with van der Waals surface area (Å²) in [6.45, 7) is -0.929. The van der Waals surface area contributed by atoms with Crippen LogP contribution >= 0.6 is 0 Å². The van der Waals surface area contributed by atoms with Gasteiger partial charge < -0.3 is 58.0 Å². The predicted molar refractivity (Wildman–Crippen MR) is 44.6 cm³/mol. The van der Waals surface area contributed by atoms with E-state index in [4.69, 9.17) is 0 Å². The predicted octanol–water partition coefficient (Wildman–Crippen LogP) is -14.9. The Hall–Kier alpha value is 0.660. The molecule has 11 nitrogen and oxygen atoms in total. The van der Waals surface area contributed by atoms with E-state index in [2.05, 4.69) is 5.32 Å². The van der Waals surface area contributed by atoms with Crippen molar-refractivity contribution < 1.29 is 112 Å². The van der Waals surface area contributed by atoms with Gasteiger partial charge in [0.25, 0.3) is 0 Å². The van der Waals surface area contributed by atoms with Gasteiger partial charge in [-0.3, -0.25) is 0 Å². The third-order valence-corrected chi connectivity index (χ3v) is 0.539. The van der Waals surface area contributed by atoms with Gasteiger partial charge in [-0.2, -0.15) is 0 Å². The summed E-state index contributed by atoms with van der Waals surface area (Å²) in [5.41, 5.74) is 0. The van der Waals surface area contributed by atoms with E-state index in [-0.39, 0.29) is 92.0 Å². The Morgan fingerprint density at radius 2 is 0.882 bits per heavy atom. The number of aliphatic carboxylic acids is 2.